The van der Waals surface area contributed by atoms with Crippen LogP contribution in [0.25, 0.3) is 22.8 Å². The van der Waals surface area contributed by atoms with Crippen LogP contribution in [-0.2, 0) is 12.3 Å². The summed E-state index contributed by atoms with van der Waals surface area (Å²) in [5.74, 6) is 2.20. The van der Waals surface area contributed by atoms with Crippen LogP contribution >= 0.6 is 23.4 Å². The number of rotatable bonds is 7. The Kier molecular flexibility index (Phi) is 5.96. The molecule has 0 aliphatic carbocycles. The summed E-state index contributed by atoms with van der Waals surface area (Å²) < 4.78 is 7.52. The zero-order valence-electron chi connectivity index (χ0n) is 16.8. The van der Waals surface area contributed by atoms with Crippen LogP contribution in [0.4, 0.5) is 0 Å². The smallest absolute Gasteiger partial charge is 0.237 e. The molecule has 0 aliphatic rings. The molecule has 0 saturated heterocycles. The molecule has 0 N–H and O–H groups in total. The van der Waals surface area contributed by atoms with E-state index in [1.54, 1.807) is 18.5 Å². The lowest BCUT2D eigenvalue weighted by atomic mass is 10.2. The van der Waals surface area contributed by atoms with Crippen LogP contribution in [0.2, 0.25) is 5.02 Å². The summed E-state index contributed by atoms with van der Waals surface area (Å²) in [5.41, 5.74) is 2.85. The quantitative estimate of drug-likeness (QED) is 0.301. The van der Waals surface area contributed by atoms with Gasteiger partial charge >= 0.3 is 0 Å². The summed E-state index contributed by atoms with van der Waals surface area (Å²) in [7, 11) is 0. The number of hydrogen-bond acceptors (Lipinski definition) is 7. The van der Waals surface area contributed by atoms with Gasteiger partial charge in [0.2, 0.25) is 11.7 Å². The highest BCUT2D eigenvalue weighted by molar-refractivity contribution is 7.98. The molecule has 158 valence electrons. The zero-order chi connectivity index (χ0) is 21.8. The third-order valence-corrected chi connectivity index (χ3v) is 6.03. The standard InChI is InChI=1S/C23H17ClN6OS/c24-19-9-5-4-8-18(19)21-26-20(31-29-21)15-32-23-28-27-22(17-10-12-25-13-11-17)30(23)14-16-6-2-1-3-7-16/h1-13H,14-15H2. The Morgan fingerprint density at radius 1 is 0.906 bits per heavy atom. The van der Waals surface area contributed by atoms with E-state index in [0.29, 0.717) is 29.0 Å². The Bertz CT molecular complexity index is 1320. The normalized spacial score (nSPS) is 11.0. The number of benzene rings is 2. The minimum Gasteiger partial charge on any atom is -0.338 e. The van der Waals surface area contributed by atoms with E-state index in [1.165, 1.54) is 11.8 Å². The van der Waals surface area contributed by atoms with Gasteiger partial charge in [0, 0.05) is 23.5 Å². The van der Waals surface area contributed by atoms with E-state index >= 15 is 0 Å². The Morgan fingerprint density at radius 2 is 1.69 bits per heavy atom. The van der Waals surface area contributed by atoms with E-state index < -0.39 is 0 Å². The average molecular weight is 461 g/mol. The van der Waals surface area contributed by atoms with Crippen LogP contribution in [0.1, 0.15) is 11.5 Å². The highest BCUT2D eigenvalue weighted by Gasteiger charge is 2.17. The predicted octanol–water partition coefficient (Wildman–Crippen LogP) is 5.38. The van der Waals surface area contributed by atoms with Crippen LogP contribution < -0.4 is 0 Å². The van der Waals surface area contributed by atoms with Crippen molar-refractivity contribution in [2.45, 2.75) is 17.5 Å². The van der Waals surface area contributed by atoms with Crippen LogP contribution in [-0.4, -0.2) is 29.9 Å². The van der Waals surface area contributed by atoms with E-state index in [0.717, 1.165) is 27.7 Å². The first-order chi connectivity index (χ1) is 15.8. The van der Waals surface area contributed by atoms with Crippen molar-refractivity contribution in [2.24, 2.45) is 0 Å². The largest absolute Gasteiger partial charge is 0.338 e. The fourth-order valence-electron chi connectivity index (χ4n) is 3.21. The van der Waals surface area contributed by atoms with Gasteiger partial charge in [0.05, 0.1) is 17.3 Å². The fraction of sp³-hybridized carbons (Fsp3) is 0.0870. The molecule has 0 atom stereocenters. The van der Waals surface area contributed by atoms with Crippen molar-refractivity contribution < 1.29 is 4.52 Å². The third kappa shape index (κ3) is 4.42. The van der Waals surface area contributed by atoms with E-state index in [2.05, 4.69) is 42.0 Å². The zero-order valence-corrected chi connectivity index (χ0v) is 18.4. The number of halogens is 1. The van der Waals surface area contributed by atoms with Gasteiger partial charge in [-0.3, -0.25) is 9.55 Å². The summed E-state index contributed by atoms with van der Waals surface area (Å²) in [6, 6.07) is 21.5. The second kappa shape index (κ2) is 9.33. The maximum Gasteiger partial charge on any atom is 0.237 e. The minimum absolute atomic E-state index is 0.459. The molecule has 2 aromatic carbocycles. The number of hydrogen-bond donors (Lipinski definition) is 0. The summed E-state index contributed by atoms with van der Waals surface area (Å²) in [4.78, 5) is 8.59. The Labute approximate surface area is 193 Å². The van der Waals surface area contributed by atoms with Gasteiger partial charge in [0.1, 0.15) is 0 Å². The van der Waals surface area contributed by atoms with Crippen molar-refractivity contribution in [3.63, 3.8) is 0 Å². The molecule has 7 nitrogen and oxygen atoms in total. The lowest BCUT2D eigenvalue weighted by molar-refractivity contribution is 0.391. The second-order valence-corrected chi connectivity index (χ2v) is 8.24. The monoisotopic (exact) mass is 460 g/mol. The van der Waals surface area contributed by atoms with Gasteiger partial charge in [-0.1, -0.05) is 71.0 Å². The van der Waals surface area contributed by atoms with Crippen molar-refractivity contribution in [2.75, 3.05) is 0 Å². The van der Waals surface area contributed by atoms with E-state index in [9.17, 15) is 0 Å². The van der Waals surface area contributed by atoms with Crippen molar-refractivity contribution in [3.05, 3.63) is 95.6 Å². The van der Waals surface area contributed by atoms with E-state index in [1.807, 2.05) is 48.5 Å². The van der Waals surface area contributed by atoms with Gasteiger partial charge in [0.25, 0.3) is 0 Å². The Balaban J connectivity index is 1.40. The van der Waals surface area contributed by atoms with Crippen molar-refractivity contribution in [3.8, 4) is 22.8 Å². The van der Waals surface area contributed by atoms with Gasteiger partial charge in [-0.05, 0) is 29.8 Å². The molecular weight excluding hydrogens is 444 g/mol. The SMILES string of the molecule is Clc1ccccc1-c1noc(CSc2nnc(-c3ccncc3)n2Cc2ccccc2)n1. The molecule has 0 bridgehead atoms. The molecule has 0 aliphatic heterocycles. The molecule has 0 unspecified atom stereocenters. The first-order valence-corrected chi connectivity index (χ1v) is 11.2. The average Bonchev–Trinajstić information content (AvgIpc) is 3.46. The highest BCUT2D eigenvalue weighted by atomic mass is 35.5. The third-order valence-electron chi connectivity index (χ3n) is 4.75. The maximum atomic E-state index is 6.25. The van der Waals surface area contributed by atoms with Crippen molar-refractivity contribution >= 4 is 23.4 Å². The number of pyridine rings is 1. The summed E-state index contributed by atoms with van der Waals surface area (Å²) in [6.07, 6.45) is 3.50. The van der Waals surface area contributed by atoms with Crippen LogP contribution in [0.15, 0.2) is 88.8 Å². The predicted molar refractivity (Wildman–Crippen MR) is 123 cm³/mol. The molecule has 0 fully saturated rings. The molecule has 5 aromatic rings. The molecule has 3 heterocycles. The van der Waals surface area contributed by atoms with Gasteiger partial charge in [-0.25, -0.2) is 0 Å². The molecule has 5 rings (SSSR count). The first kappa shape index (κ1) is 20.4. The van der Waals surface area contributed by atoms with E-state index in [4.69, 9.17) is 16.1 Å². The van der Waals surface area contributed by atoms with Crippen molar-refractivity contribution in [1.82, 2.24) is 29.9 Å². The Morgan fingerprint density at radius 3 is 2.50 bits per heavy atom. The second-order valence-electron chi connectivity index (χ2n) is 6.89. The topological polar surface area (TPSA) is 82.5 Å². The summed E-state index contributed by atoms with van der Waals surface area (Å²) >= 11 is 7.74. The van der Waals surface area contributed by atoms with Gasteiger partial charge < -0.3 is 4.52 Å². The molecule has 0 radical (unpaired) electrons. The van der Waals surface area contributed by atoms with E-state index in [-0.39, 0.29) is 0 Å². The highest BCUT2D eigenvalue weighted by Crippen LogP contribution is 2.29. The molecule has 0 amide bonds. The molecule has 9 heteroatoms. The van der Waals surface area contributed by atoms with Gasteiger partial charge in [-0.15, -0.1) is 10.2 Å². The maximum absolute atomic E-state index is 6.25. The van der Waals surface area contributed by atoms with Gasteiger partial charge in [0.15, 0.2) is 11.0 Å². The summed E-state index contributed by atoms with van der Waals surface area (Å²) in [5, 5.41) is 14.3. The lowest BCUT2D eigenvalue weighted by Gasteiger charge is -2.10. The number of aromatic nitrogens is 6. The van der Waals surface area contributed by atoms with Crippen LogP contribution in [0, 0.1) is 0 Å². The lowest BCUT2D eigenvalue weighted by Crippen LogP contribution is -2.04. The van der Waals surface area contributed by atoms with Crippen LogP contribution in [0.5, 0.6) is 0 Å². The van der Waals surface area contributed by atoms with Crippen molar-refractivity contribution in [1.29, 1.82) is 0 Å². The number of thioether (sulfide) groups is 1. The Hall–Kier alpha value is -3.49. The number of nitrogens with zero attached hydrogens (tertiary/aromatic N) is 6. The fourth-order valence-corrected chi connectivity index (χ4v) is 4.21. The first-order valence-electron chi connectivity index (χ1n) is 9.86. The molecular formula is C23H17ClN6OS. The summed E-state index contributed by atoms with van der Waals surface area (Å²) in [6.45, 7) is 0.641. The molecule has 32 heavy (non-hydrogen) atoms. The molecule has 0 saturated carbocycles. The van der Waals surface area contributed by atoms with Crippen LogP contribution in [0.3, 0.4) is 0 Å². The molecule has 0 spiro atoms. The molecule has 3 aromatic heterocycles. The minimum atomic E-state index is 0.459. The van der Waals surface area contributed by atoms with Gasteiger partial charge in [-0.2, -0.15) is 4.98 Å².